The Labute approximate surface area is 153 Å². The Morgan fingerprint density at radius 3 is 2.87 bits per heavy atom. The van der Waals surface area contributed by atoms with Crippen LogP contribution in [0.2, 0.25) is 0 Å². The monoisotopic (exact) mass is 375 g/mol. The number of carbonyl (C=O) groups is 1. The Kier molecular flexibility index (Phi) is 7.74. The van der Waals surface area contributed by atoms with E-state index in [1.54, 1.807) is 11.3 Å². The molecule has 23 heavy (non-hydrogen) atoms. The van der Waals surface area contributed by atoms with Gasteiger partial charge in [0.25, 0.3) is 0 Å². The maximum Gasteiger partial charge on any atom is 0.223 e. The second kappa shape index (κ2) is 8.83. The number of benzene rings is 1. The van der Waals surface area contributed by atoms with Crippen LogP contribution in [0, 0.1) is 0 Å². The molecule has 2 heterocycles. The SMILES string of the molecule is CC(N)CCC(=O)N1CCCC1c1nc2ccccc2s1.Cl.Cl. The van der Waals surface area contributed by atoms with E-state index in [0.29, 0.717) is 6.42 Å². The molecule has 2 N–H and O–H groups in total. The van der Waals surface area contributed by atoms with Gasteiger partial charge in [0.2, 0.25) is 5.91 Å². The third-order valence-electron chi connectivity index (χ3n) is 3.98. The van der Waals surface area contributed by atoms with Crippen LogP contribution >= 0.6 is 36.2 Å². The molecule has 2 aromatic rings. The molecule has 4 nitrogen and oxygen atoms in total. The van der Waals surface area contributed by atoms with Gasteiger partial charge in [0.1, 0.15) is 5.01 Å². The van der Waals surface area contributed by atoms with E-state index in [1.807, 2.05) is 30.0 Å². The molecular weight excluding hydrogens is 353 g/mol. The largest absolute Gasteiger partial charge is 0.333 e. The molecule has 7 heteroatoms. The van der Waals surface area contributed by atoms with Crippen molar-refractivity contribution in [1.82, 2.24) is 9.88 Å². The number of carbonyl (C=O) groups excluding carboxylic acids is 1. The molecule has 0 bridgehead atoms. The number of fused-ring (bicyclic) bond motifs is 1. The zero-order chi connectivity index (χ0) is 14.8. The number of rotatable bonds is 4. The predicted molar refractivity (Wildman–Crippen MR) is 101 cm³/mol. The van der Waals surface area contributed by atoms with Crippen molar-refractivity contribution < 1.29 is 4.79 Å². The van der Waals surface area contributed by atoms with E-state index in [0.717, 1.165) is 36.3 Å². The van der Waals surface area contributed by atoms with E-state index in [4.69, 9.17) is 10.7 Å². The van der Waals surface area contributed by atoms with Gasteiger partial charge in [-0.25, -0.2) is 4.98 Å². The van der Waals surface area contributed by atoms with Gasteiger partial charge in [0.15, 0.2) is 0 Å². The first-order valence-electron chi connectivity index (χ1n) is 7.55. The lowest BCUT2D eigenvalue weighted by atomic mass is 10.1. The van der Waals surface area contributed by atoms with Crippen molar-refractivity contribution in [3.05, 3.63) is 29.3 Å². The van der Waals surface area contributed by atoms with Gasteiger partial charge in [0.05, 0.1) is 16.3 Å². The number of hydrogen-bond acceptors (Lipinski definition) is 4. The molecule has 2 unspecified atom stereocenters. The standard InChI is InChI=1S/C16H21N3OS.2ClH/c1-11(17)8-9-15(20)19-10-4-6-13(19)16-18-12-5-2-3-7-14(12)21-16;;/h2-3,5,7,11,13H,4,6,8-10,17H2,1H3;2*1H. The first-order chi connectivity index (χ1) is 10.1. The van der Waals surface area contributed by atoms with Crippen molar-refractivity contribution in [2.24, 2.45) is 5.73 Å². The van der Waals surface area contributed by atoms with Crippen LogP contribution < -0.4 is 5.73 Å². The summed E-state index contributed by atoms with van der Waals surface area (Å²) >= 11 is 1.71. The van der Waals surface area contributed by atoms with Crippen LogP contribution in [-0.4, -0.2) is 28.4 Å². The summed E-state index contributed by atoms with van der Waals surface area (Å²) < 4.78 is 1.20. The lowest BCUT2D eigenvalue weighted by Crippen LogP contribution is -2.31. The molecule has 128 valence electrons. The molecule has 0 radical (unpaired) electrons. The van der Waals surface area contributed by atoms with Crippen LogP contribution in [0.1, 0.15) is 43.7 Å². The Balaban J connectivity index is 0.00000132. The van der Waals surface area contributed by atoms with Crippen molar-refractivity contribution in [2.45, 2.75) is 44.7 Å². The Morgan fingerprint density at radius 2 is 2.17 bits per heavy atom. The van der Waals surface area contributed by atoms with E-state index in [1.165, 1.54) is 4.70 Å². The number of halogens is 2. The highest BCUT2D eigenvalue weighted by atomic mass is 35.5. The number of hydrogen-bond donors (Lipinski definition) is 1. The average molecular weight is 376 g/mol. The Morgan fingerprint density at radius 1 is 1.43 bits per heavy atom. The third-order valence-corrected chi connectivity index (χ3v) is 5.12. The maximum absolute atomic E-state index is 12.4. The fraction of sp³-hybridized carbons (Fsp3) is 0.500. The number of thiazole rings is 1. The predicted octanol–water partition coefficient (Wildman–Crippen LogP) is 3.93. The summed E-state index contributed by atoms with van der Waals surface area (Å²) in [5, 5.41) is 1.07. The van der Waals surface area contributed by atoms with Crippen LogP contribution in [0.4, 0.5) is 0 Å². The van der Waals surface area contributed by atoms with Gasteiger partial charge in [-0.05, 0) is 38.3 Å². The molecule has 1 fully saturated rings. The van der Waals surface area contributed by atoms with Gasteiger partial charge in [-0.1, -0.05) is 12.1 Å². The van der Waals surface area contributed by atoms with Crippen molar-refractivity contribution >= 4 is 52.3 Å². The van der Waals surface area contributed by atoms with E-state index in [-0.39, 0.29) is 42.8 Å². The molecular formula is C16H23Cl2N3OS. The molecule has 3 rings (SSSR count). The molecule has 1 aromatic heterocycles. The summed E-state index contributed by atoms with van der Waals surface area (Å²) in [6.45, 7) is 2.79. The summed E-state index contributed by atoms with van der Waals surface area (Å²) in [4.78, 5) is 19.1. The lowest BCUT2D eigenvalue weighted by molar-refractivity contribution is -0.132. The first-order valence-corrected chi connectivity index (χ1v) is 8.37. The highest BCUT2D eigenvalue weighted by Crippen LogP contribution is 2.36. The number of para-hydroxylation sites is 1. The first kappa shape index (κ1) is 20.2. The van der Waals surface area contributed by atoms with Gasteiger partial charge in [-0.15, -0.1) is 36.2 Å². The minimum Gasteiger partial charge on any atom is -0.333 e. The molecule has 1 aromatic carbocycles. The zero-order valence-electron chi connectivity index (χ0n) is 13.1. The minimum absolute atomic E-state index is 0. The number of likely N-dealkylation sites (tertiary alicyclic amines) is 1. The average Bonchev–Trinajstić information content (AvgIpc) is 3.10. The molecule has 0 spiro atoms. The van der Waals surface area contributed by atoms with Crippen LogP contribution in [0.25, 0.3) is 10.2 Å². The third kappa shape index (κ3) is 4.57. The van der Waals surface area contributed by atoms with E-state index >= 15 is 0 Å². The number of aromatic nitrogens is 1. The van der Waals surface area contributed by atoms with E-state index < -0.39 is 0 Å². The van der Waals surface area contributed by atoms with E-state index in [9.17, 15) is 4.79 Å². The highest BCUT2D eigenvalue weighted by Gasteiger charge is 2.31. The van der Waals surface area contributed by atoms with Gasteiger partial charge < -0.3 is 10.6 Å². The second-order valence-corrected chi connectivity index (χ2v) is 6.84. The molecule has 1 amide bonds. The Bertz CT molecular complexity index is 614. The molecule has 0 aliphatic carbocycles. The second-order valence-electron chi connectivity index (χ2n) is 5.78. The fourth-order valence-electron chi connectivity index (χ4n) is 2.85. The van der Waals surface area contributed by atoms with E-state index in [2.05, 4.69) is 6.07 Å². The van der Waals surface area contributed by atoms with Crippen molar-refractivity contribution in [3.63, 3.8) is 0 Å². The van der Waals surface area contributed by atoms with Crippen LogP contribution in [-0.2, 0) is 4.79 Å². The van der Waals surface area contributed by atoms with Crippen molar-refractivity contribution in [1.29, 1.82) is 0 Å². The molecule has 1 aliphatic rings. The van der Waals surface area contributed by atoms with Gasteiger partial charge in [-0.2, -0.15) is 0 Å². The summed E-state index contributed by atoms with van der Waals surface area (Å²) in [5.74, 6) is 0.217. The Hall–Kier alpha value is -0.880. The summed E-state index contributed by atoms with van der Waals surface area (Å²) in [7, 11) is 0. The minimum atomic E-state index is 0. The smallest absolute Gasteiger partial charge is 0.223 e. The maximum atomic E-state index is 12.4. The van der Waals surface area contributed by atoms with Gasteiger partial charge >= 0.3 is 0 Å². The molecule has 0 saturated carbocycles. The zero-order valence-corrected chi connectivity index (χ0v) is 15.6. The quantitative estimate of drug-likeness (QED) is 0.880. The van der Waals surface area contributed by atoms with Crippen LogP contribution in [0.5, 0.6) is 0 Å². The van der Waals surface area contributed by atoms with Crippen molar-refractivity contribution in [2.75, 3.05) is 6.54 Å². The van der Waals surface area contributed by atoms with Crippen molar-refractivity contribution in [3.8, 4) is 0 Å². The highest BCUT2D eigenvalue weighted by molar-refractivity contribution is 7.18. The lowest BCUT2D eigenvalue weighted by Gasteiger charge is -2.23. The van der Waals surface area contributed by atoms with Gasteiger partial charge in [-0.3, -0.25) is 4.79 Å². The summed E-state index contributed by atoms with van der Waals surface area (Å²) in [6.07, 6.45) is 3.37. The molecule has 2 atom stereocenters. The number of nitrogens with two attached hydrogens (primary N) is 1. The number of nitrogens with zero attached hydrogens (tertiary/aromatic N) is 2. The number of amides is 1. The topological polar surface area (TPSA) is 59.2 Å². The normalized spacial score (nSPS) is 18.3. The summed E-state index contributed by atoms with van der Waals surface area (Å²) in [5.41, 5.74) is 6.79. The molecule has 1 saturated heterocycles. The molecule has 1 aliphatic heterocycles. The fourth-order valence-corrected chi connectivity index (χ4v) is 3.96. The summed E-state index contributed by atoms with van der Waals surface area (Å²) in [6, 6.07) is 8.40. The van der Waals surface area contributed by atoms with Crippen LogP contribution in [0.15, 0.2) is 24.3 Å². The van der Waals surface area contributed by atoms with Crippen LogP contribution in [0.3, 0.4) is 0 Å². The van der Waals surface area contributed by atoms with Gasteiger partial charge in [0, 0.05) is 19.0 Å².